The van der Waals surface area contributed by atoms with Crippen LogP contribution in [0.5, 0.6) is 11.5 Å². The Kier molecular flexibility index (Phi) is 7.72. The largest absolute Gasteiger partial charge is 0.490 e. The summed E-state index contributed by atoms with van der Waals surface area (Å²) in [6, 6.07) is 15.8. The molecule has 0 aliphatic rings. The molecule has 0 bridgehead atoms. The SMILES string of the molecule is CCNC(=S)N[NH+]=Cc1ccc(OCc2ccccc2)c(OCC)c1. The lowest BCUT2D eigenvalue weighted by atomic mass is 10.2. The first-order valence-corrected chi connectivity index (χ1v) is 8.70. The van der Waals surface area contributed by atoms with Crippen molar-refractivity contribution < 1.29 is 14.6 Å². The Labute approximate surface area is 154 Å². The molecule has 0 saturated carbocycles. The highest BCUT2D eigenvalue weighted by Gasteiger charge is 2.07. The standard InChI is InChI=1S/C19H23N3O2S/c1-3-20-19(25)22-21-13-16-10-11-17(18(12-16)23-4-2)24-14-15-8-6-5-7-9-15/h5-13H,3-4,14H2,1-2H3,(H2,20,22,25)/p+1. The summed E-state index contributed by atoms with van der Waals surface area (Å²) in [6.07, 6.45) is 1.81. The van der Waals surface area contributed by atoms with Gasteiger partial charge in [-0.25, -0.2) is 0 Å². The summed E-state index contributed by atoms with van der Waals surface area (Å²) in [5.41, 5.74) is 4.95. The van der Waals surface area contributed by atoms with Gasteiger partial charge in [0, 0.05) is 12.1 Å². The number of hydrazone groups is 1. The summed E-state index contributed by atoms with van der Waals surface area (Å²) < 4.78 is 11.6. The van der Waals surface area contributed by atoms with Gasteiger partial charge in [-0.05, 0) is 49.8 Å². The van der Waals surface area contributed by atoms with Crippen LogP contribution in [0.2, 0.25) is 0 Å². The number of thiocarbonyl (C=S) groups is 1. The molecular weight excluding hydrogens is 334 g/mol. The van der Waals surface area contributed by atoms with Crippen LogP contribution in [0, 0.1) is 0 Å². The average Bonchev–Trinajstić information content (AvgIpc) is 2.62. The van der Waals surface area contributed by atoms with E-state index in [1.165, 1.54) is 0 Å². The lowest BCUT2D eigenvalue weighted by molar-refractivity contribution is -0.500. The molecule has 0 unspecified atom stereocenters. The number of hydrazine groups is 1. The Morgan fingerprint density at radius 3 is 2.60 bits per heavy atom. The Morgan fingerprint density at radius 2 is 1.88 bits per heavy atom. The Hall–Kier alpha value is -2.60. The predicted molar refractivity (Wildman–Crippen MR) is 104 cm³/mol. The Morgan fingerprint density at radius 1 is 1.08 bits per heavy atom. The maximum Gasteiger partial charge on any atom is 0.223 e. The predicted octanol–water partition coefficient (Wildman–Crippen LogP) is 1.56. The molecule has 0 spiro atoms. The highest BCUT2D eigenvalue weighted by Crippen LogP contribution is 2.28. The summed E-state index contributed by atoms with van der Waals surface area (Å²) in [7, 11) is 0. The number of hydrogen-bond donors (Lipinski definition) is 3. The van der Waals surface area contributed by atoms with Crippen molar-refractivity contribution in [2.45, 2.75) is 20.5 Å². The van der Waals surface area contributed by atoms with Gasteiger partial charge >= 0.3 is 0 Å². The summed E-state index contributed by atoms with van der Waals surface area (Å²) in [5, 5.41) is 6.50. The molecular formula is C19H24N3O2S+. The van der Waals surface area contributed by atoms with E-state index in [2.05, 4.69) is 15.8 Å². The van der Waals surface area contributed by atoms with Crippen molar-refractivity contribution >= 4 is 23.5 Å². The molecule has 6 heteroatoms. The minimum absolute atomic E-state index is 0.501. The molecule has 2 rings (SSSR count). The van der Waals surface area contributed by atoms with Crippen molar-refractivity contribution in [1.29, 1.82) is 0 Å². The maximum absolute atomic E-state index is 5.90. The van der Waals surface area contributed by atoms with Gasteiger partial charge in [0.05, 0.1) is 6.61 Å². The molecule has 0 aliphatic carbocycles. The molecule has 0 fully saturated rings. The third-order valence-corrected chi connectivity index (χ3v) is 3.51. The fraction of sp³-hybridized carbons (Fsp3) is 0.263. The van der Waals surface area contributed by atoms with Crippen LogP contribution in [0.4, 0.5) is 0 Å². The zero-order valence-electron chi connectivity index (χ0n) is 14.5. The molecule has 0 saturated heterocycles. The van der Waals surface area contributed by atoms with Gasteiger partial charge in [0.1, 0.15) is 6.61 Å². The smallest absolute Gasteiger partial charge is 0.223 e. The van der Waals surface area contributed by atoms with Crippen LogP contribution >= 0.6 is 12.2 Å². The van der Waals surface area contributed by atoms with Gasteiger partial charge in [0.15, 0.2) is 17.7 Å². The second kappa shape index (κ2) is 10.3. The maximum atomic E-state index is 5.90. The zero-order chi connectivity index (χ0) is 17.9. The van der Waals surface area contributed by atoms with E-state index in [0.717, 1.165) is 23.4 Å². The van der Waals surface area contributed by atoms with Crippen molar-refractivity contribution in [3.63, 3.8) is 0 Å². The first kappa shape index (κ1) is 18.7. The van der Waals surface area contributed by atoms with Crippen molar-refractivity contribution in [2.24, 2.45) is 0 Å². The van der Waals surface area contributed by atoms with Crippen molar-refractivity contribution in [3.8, 4) is 11.5 Å². The molecule has 2 aromatic rings. The van der Waals surface area contributed by atoms with Crippen LogP contribution in [0.25, 0.3) is 0 Å². The second-order valence-electron chi connectivity index (χ2n) is 5.19. The molecule has 132 valence electrons. The number of hydrogen-bond acceptors (Lipinski definition) is 3. The van der Waals surface area contributed by atoms with E-state index >= 15 is 0 Å². The lowest BCUT2D eigenvalue weighted by Crippen LogP contribution is -2.82. The molecule has 2 aromatic carbocycles. The topological polar surface area (TPSA) is 56.5 Å². The van der Waals surface area contributed by atoms with E-state index in [0.29, 0.717) is 24.1 Å². The second-order valence-corrected chi connectivity index (χ2v) is 5.59. The summed E-state index contributed by atoms with van der Waals surface area (Å²) in [6.45, 7) is 5.78. The van der Waals surface area contributed by atoms with Crippen LogP contribution in [0.15, 0.2) is 48.5 Å². The highest BCUT2D eigenvalue weighted by atomic mass is 32.1. The summed E-state index contributed by atoms with van der Waals surface area (Å²) in [4.78, 5) is 0. The minimum atomic E-state index is 0.501. The normalized spacial score (nSPS) is 10.5. The Balaban J connectivity index is 2.03. The van der Waals surface area contributed by atoms with E-state index in [9.17, 15) is 0 Å². The third kappa shape index (κ3) is 6.43. The van der Waals surface area contributed by atoms with Crippen molar-refractivity contribution in [3.05, 3.63) is 59.7 Å². The van der Waals surface area contributed by atoms with Gasteiger partial charge in [0.2, 0.25) is 5.11 Å². The minimum Gasteiger partial charge on any atom is -0.490 e. The third-order valence-electron chi connectivity index (χ3n) is 3.27. The van der Waals surface area contributed by atoms with Gasteiger partial charge < -0.3 is 14.8 Å². The Bertz CT molecular complexity index is 705. The van der Waals surface area contributed by atoms with Gasteiger partial charge in [-0.2, -0.15) is 0 Å². The van der Waals surface area contributed by atoms with Gasteiger partial charge in [-0.1, -0.05) is 30.3 Å². The van der Waals surface area contributed by atoms with Crippen LogP contribution in [0.3, 0.4) is 0 Å². The average molecular weight is 358 g/mol. The number of nitrogens with one attached hydrogen (secondary N) is 3. The van der Waals surface area contributed by atoms with E-state index in [4.69, 9.17) is 21.7 Å². The molecule has 0 atom stereocenters. The fourth-order valence-electron chi connectivity index (χ4n) is 2.13. The van der Waals surface area contributed by atoms with Crippen LogP contribution in [-0.2, 0) is 6.61 Å². The first-order valence-electron chi connectivity index (χ1n) is 8.29. The zero-order valence-corrected chi connectivity index (χ0v) is 15.4. The number of rotatable bonds is 8. The van der Waals surface area contributed by atoms with E-state index in [1.807, 2.05) is 68.6 Å². The van der Waals surface area contributed by atoms with E-state index in [1.54, 1.807) is 0 Å². The number of benzene rings is 2. The molecule has 0 radical (unpaired) electrons. The quantitative estimate of drug-likeness (QED) is 0.380. The van der Waals surface area contributed by atoms with Gasteiger partial charge in [0.25, 0.3) is 0 Å². The molecule has 0 amide bonds. The fourth-order valence-corrected chi connectivity index (χ4v) is 2.33. The molecule has 3 N–H and O–H groups in total. The van der Waals surface area contributed by atoms with Crippen molar-refractivity contribution in [2.75, 3.05) is 13.2 Å². The first-order chi connectivity index (χ1) is 12.2. The summed E-state index contributed by atoms with van der Waals surface area (Å²) >= 11 is 5.09. The number of ether oxygens (including phenoxy) is 2. The highest BCUT2D eigenvalue weighted by molar-refractivity contribution is 7.80. The van der Waals surface area contributed by atoms with Gasteiger partial charge in [-0.3, -0.25) is 0 Å². The van der Waals surface area contributed by atoms with Crippen molar-refractivity contribution in [1.82, 2.24) is 10.7 Å². The lowest BCUT2D eigenvalue weighted by Gasteiger charge is -2.12. The molecule has 25 heavy (non-hydrogen) atoms. The molecule has 0 heterocycles. The monoisotopic (exact) mass is 358 g/mol. The summed E-state index contributed by atoms with van der Waals surface area (Å²) in [5.74, 6) is 1.43. The van der Waals surface area contributed by atoms with Crippen LogP contribution in [0.1, 0.15) is 25.0 Å². The van der Waals surface area contributed by atoms with Gasteiger partial charge in [-0.15, -0.1) is 10.5 Å². The van der Waals surface area contributed by atoms with E-state index in [-0.39, 0.29) is 0 Å². The molecule has 0 aliphatic heterocycles. The van der Waals surface area contributed by atoms with E-state index < -0.39 is 0 Å². The molecule has 5 nitrogen and oxygen atoms in total. The van der Waals surface area contributed by atoms with Crippen LogP contribution < -0.4 is 25.3 Å². The molecule has 0 aromatic heterocycles. The van der Waals surface area contributed by atoms with Crippen LogP contribution in [-0.4, -0.2) is 24.5 Å².